The lowest BCUT2D eigenvalue weighted by atomic mass is 10.1. The van der Waals surface area contributed by atoms with Crippen LogP contribution in [0.2, 0.25) is 0 Å². The molecule has 1 aliphatic heterocycles. The molecule has 2 heterocycles. The van der Waals surface area contributed by atoms with E-state index in [-0.39, 0.29) is 19.0 Å². The molecule has 12 nitrogen and oxygen atoms in total. The van der Waals surface area contributed by atoms with Crippen molar-refractivity contribution in [1.29, 1.82) is 0 Å². The molecular weight excluding hydrogens is 479 g/mol. The summed E-state index contributed by atoms with van der Waals surface area (Å²) in [6.45, 7) is -0.505. The molecule has 35 heavy (non-hydrogen) atoms. The largest absolute Gasteiger partial charge is 0.475 e. The van der Waals surface area contributed by atoms with Crippen molar-refractivity contribution in [3.8, 4) is 0 Å². The van der Waals surface area contributed by atoms with Gasteiger partial charge in [0.2, 0.25) is 5.82 Å². The number of benzene rings is 2. The molecule has 4 rings (SSSR count). The van der Waals surface area contributed by atoms with E-state index in [4.69, 9.17) is 24.0 Å². The third-order valence-electron chi connectivity index (χ3n) is 5.19. The molecule has 0 bridgehead atoms. The summed E-state index contributed by atoms with van der Waals surface area (Å²) < 4.78 is 36.7. The summed E-state index contributed by atoms with van der Waals surface area (Å²) in [4.78, 5) is 15.0. The number of rotatable bonds is 11. The third-order valence-corrected chi connectivity index (χ3v) is 6.54. The van der Waals surface area contributed by atoms with E-state index in [0.717, 1.165) is 22.1 Å². The molecular formula is C22H25N4O8P. The summed E-state index contributed by atoms with van der Waals surface area (Å²) >= 11 is 0. The SMILES string of the molecule is NC(=O)c1ncn([C@@H]2OC(COP(=O)(OCc3ccccc3)OCc3ccccc3)C(O)C2O)n1. The van der Waals surface area contributed by atoms with Gasteiger partial charge in [-0.05, 0) is 11.1 Å². The van der Waals surface area contributed by atoms with Gasteiger partial charge in [-0.1, -0.05) is 60.7 Å². The molecule has 0 radical (unpaired) electrons. The molecule has 0 saturated carbocycles. The van der Waals surface area contributed by atoms with Crippen molar-refractivity contribution in [3.05, 3.63) is 83.9 Å². The predicted molar refractivity (Wildman–Crippen MR) is 120 cm³/mol. The van der Waals surface area contributed by atoms with Crippen LogP contribution in [0.1, 0.15) is 28.0 Å². The average Bonchev–Trinajstić information content (AvgIpc) is 3.47. The first-order valence-electron chi connectivity index (χ1n) is 10.7. The number of amides is 1. The number of nitrogens with two attached hydrogens (primary N) is 1. The van der Waals surface area contributed by atoms with Crippen LogP contribution in [0.25, 0.3) is 0 Å². The Kier molecular flexibility index (Phi) is 8.04. The fourth-order valence-electron chi connectivity index (χ4n) is 3.33. The van der Waals surface area contributed by atoms with Crippen molar-refractivity contribution in [2.45, 2.75) is 37.8 Å². The monoisotopic (exact) mass is 504 g/mol. The van der Waals surface area contributed by atoms with E-state index in [1.54, 1.807) is 24.3 Å². The Bertz CT molecular complexity index is 1120. The molecule has 4 N–H and O–H groups in total. The van der Waals surface area contributed by atoms with E-state index in [1.165, 1.54) is 0 Å². The number of nitrogens with zero attached hydrogens (tertiary/aromatic N) is 3. The Morgan fingerprint density at radius 3 is 2.06 bits per heavy atom. The van der Waals surface area contributed by atoms with Crippen LogP contribution in [0.4, 0.5) is 0 Å². The van der Waals surface area contributed by atoms with Gasteiger partial charge in [0.15, 0.2) is 6.23 Å². The van der Waals surface area contributed by atoms with Crippen LogP contribution in [0.15, 0.2) is 67.0 Å². The van der Waals surface area contributed by atoms with E-state index in [9.17, 15) is 19.6 Å². The lowest BCUT2D eigenvalue weighted by Crippen LogP contribution is -2.33. The van der Waals surface area contributed by atoms with Gasteiger partial charge in [-0.15, -0.1) is 5.10 Å². The van der Waals surface area contributed by atoms with Gasteiger partial charge < -0.3 is 20.7 Å². The first-order valence-corrected chi connectivity index (χ1v) is 12.1. The van der Waals surface area contributed by atoms with Crippen molar-refractivity contribution < 1.29 is 37.9 Å². The molecule has 13 heteroatoms. The van der Waals surface area contributed by atoms with Gasteiger partial charge in [-0.2, -0.15) is 0 Å². The first-order chi connectivity index (χ1) is 16.8. The maximum absolute atomic E-state index is 13.4. The Balaban J connectivity index is 1.42. The zero-order valence-electron chi connectivity index (χ0n) is 18.5. The molecule has 3 aromatic rings. The number of phosphoric ester groups is 1. The lowest BCUT2D eigenvalue weighted by Gasteiger charge is -2.21. The topological polar surface area (TPSA) is 168 Å². The highest BCUT2D eigenvalue weighted by Crippen LogP contribution is 2.51. The van der Waals surface area contributed by atoms with Gasteiger partial charge in [0.1, 0.15) is 24.6 Å². The number of carbonyl (C=O) groups is 1. The summed E-state index contributed by atoms with van der Waals surface area (Å²) in [5, 5.41) is 24.7. The van der Waals surface area contributed by atoms with Gasteiger partial charge in [0, 0.05) is 0 Å². The summed E-state index contributed by atoms with van der Waals surface area (Å²) in [6.07, 6.45) is -3.99. The summed E-state index contributed by atoms with van der Waals surface area (Å²) in [5.41, 5.74) is 6.65. The van der Waals surface area contributed by atoms with Crippen molar-refractivity contribution in [2.75, 3.05) is 6.61 Å². The number of phosphoric acid groups is 1. The Morgan fingerprint density at radius 2 is 1.54 bits per heavy atom. The maximum Gasteiger partial charge on any atom is 0.475 e. The highest BCUT2D eigenvalue weighted by Gasteiger charge is 2.45. The van der Waals surface area contributed by atoms with Crippen molar-refractivity contribution in [1.82, 2.24) is 14.8 Å². The first kappa shape index (κ1) is 25.1. The summed E-state index contributed by atoms with van der Waals surface area (Å²) in [6, 6.07) is 18.1. The summed E-state index contributed by atoms with van der Waals surface area (Å²) in [7, 11) is -4.12. The molecule has 4 atom stereocenters. The average molecular weight is 504 g/mol. The molecule has 1 saturated heterocycles. The molecule has 2 aromatic carbocycles. The van der Waals surface area contributed by atoms with Gasteiger partial charge in [0.25, 0.3) is 5.91 Å². The zero-order chi connectivity index (χ0) is 24.8. The predicted octanol–water partition coefficient (Wildman–Crippen LogP) is 1.55. The van der Waals surface area contributed by atoms with Gasteiger partial charge in [0.05, 0.1) is 19.8 Å². The summed E-state index contributed by atoms with van der Waals surface area (Å²) in [5.74, 6) is -1.13. The van der Waals surface area contributed by atoms with Crippen LogP contribution in [0.3, 0.4) is 0 Å². The second kappa shape index (κ2) is 11.2. The van der Waals surface area contributed by atoms with Crippen molar-refractivity contribution >= 4 is 13.7 Å². The van der Waals surface area contributed by atoms with E-state index in [2.05, 4.69) is 10.1 Å². The lowest BCUT2D eigenvalue weighted by molar-refractivity contribution is -0.0604. The minimum Gasteiger partial charge on any atom is -0.387 e. The van der Waals surface area contributed by atoms with E-state index < -0.39 is 44.9 Å². The number of ether oxygens (including phenoxy) is 1. The fraction of sp³-hybridized carbons (Fsp3) is 0.318. The number of aliphatic hydroxyl groups is 2. The molecule has 186 valence electrons. The van der Waals surface area contributed by atoms with E-state index in [0.29, 0.717) is 0 Å². The molecule has 1 fully saturated rings. The number of hydrogen-bond acceptors (Lipinski definition) is 10. The second-order valence-corrected chi connectivity index (χ2v) is 9.39. The maximum atomic E-state index is 13.4. The minimum absolute atomic E-state index is 0.0406. The van der Waals surface area contributed by atoms with Gasteiger partial charge in [-0.25, -0.2) is 14.2 Å². The number of primary amides is 1. The van der Waals surface area contributed by atoms with Crippen LogP contribution in [0.5, 0.6) is 0 Å². The van der Waals surface area contributed by atoms with Crippen molar-refractivity contribution in [3.63, 3.8) is 0 Å². The molecule has 0 aliphatic carbocycles. The normalized spacial score (nSPS) is 22.3. The number of hydrogen-bond donors (Lipinski definition) is 3. The van der Waals surface area contributed by atoms with Crippen LogP contribution in [0, 0.1) is 0 Å². The minimum atomic E-state index is -4.12. The smallest absolute Gasteiger partial charge is 0.387 e. The molecule has 0 spiro atoms. The highest BCUT2D eigenvalue weighted by molar-refractivity contribution is 7.48. The fourth-order valence-corrected chi connectivity index (χ4v) is 4.50. The Hall–Kier alpha value is -2.96. The van der Waals surface area contributed by atoms with Crippen LogP contribution < -0.4 is 5.73 Å². The van der Waals surface area contributed by atoms with Crippen LogP contribution >= 0.6 is 7.82 Å². The van der Waals surface area contributed by atoms with Crippen LogP contribution in [-0.2, 0) is 36.1 Å². The highest BCUT2D eigenvalue weighted by atomic mass is 31.2. The van der Waals surface area contributed by atoms with E-state index >= 15 is 0 Å². The Morgan fingerprint density at radius 1 is 0.971 bits per heavy atom. The number of aliphatic hydroxyl groups excluding tert-OH is 2. The van der Waals surface area contributed by atoms with E-state index in [1.807, 2.05) is 36.4 Å². The standard InChI is InChI=1S/C22H25N4O8P/c23-20(29)21-24-14-26(25-21)22-19(28)18(27)17(34-22)13-33-35(30,31-11-15-7-3-1-4-8-15)32-12-16-9-5-2-6-10-16/h1-10,14,17-19,22,27-28H,11-13H2,(H2,23,29)/t17?,18?,19?,22-/m1/s1. The third kappa shape index (κ3) is 6.38. The molecule has 1 aliphatic rings. The molecule has 1 amide bonds. The zero-order valence-corrected chi connectivity index (χ0v) is 19.4. The van der Waals surface area contributed by atoms with Gasteiger partial charge >= 0.3 is 7.82 Å². The van der Waals surface area contributed by atoms with Gasteiger partial charge in [-0.3, -0.25) is 18.4 Å². The van der Waals surface area contributed by atoms with Crippen molar-refractivity contribution in [2.24, 2.45) is 5.73 Å². The van der Waals surface area contributed by atoms with Crippen LogP contribution in [-0.4, -0.2) is 55.8 Å². The molecule has 3 unspecified atom stereocenters. The second-order valence-electron chi connectivity index (χ2n) is 7.72. The number of aromatic nitrogens is 3. The number of carbonyl (C=O) groups excluding carboxylic acids is 1. The Labute approximate surface area is 200 Å². The molecule has 1 aromatic heterocycles. The quantitative estimate of drug-likeness (QED) is 0.326.